The van der Waals surface area contributed by atoms with Gasteiger partial charge in [0.05, 0.1) is 6.10 Å². The highest BCUT2D eigenvalue weighted by Gasteiger charge is 2.18. The molecule has 0 fully saturated rings. The first kappa shape index (κ1) is 20.7. The second-order valence-electron chi connectivity index (χ2n) is 8.68. The Hall–Kier alpha value is -1.60. The van der Waals surface area contributed by atoms with Crippen molar-refractivity contribution >= 4 is 0 Å². The fourth-order valence-electron chi connectivity index (χ4n) is 3.59. The van der Waals surface area contributed by atoms with Crippen LogP contribution in [0.1, 0.15) is 82.6 Å². The summed E-state index contributed by atoms with van der Waals surface area (Å²) >= 11 is 0. The van der Waals surface area contributed by atoms with Gasteiger partial charge in [0.25, 0.3) is 0 Å². The number of aliphatic hydroxyl groups excluding tert-OH is 1. The quantitative estimate of drug-likeness (QED) is 0.489. The summed E-state index contributed by atoms with van der Waals surface area (Å²) in [6.45, 7) is 8.92. The summed E-state index contributed by atoms with van der Waals surface area (Å²) in [5.41, 5.74) is 3.90. The molecule has 1 nitrogen and oxygen atoms in total. The fraction of sp³-hybridized carbons (Fsp3) is 0.520. The minimum atomic E-state index is -0.376. The van der Waals surface area contributed by atoms with Crippen LogP contribution in [0.2, 0.25) is 0 Å². The molecule has 0 amide bonds. The predicted octanol–water partition coefficient (Wildman–Crippen LogP) is 6.85. The van der Waals surface area contributed by atoms with Crippen molar-refractivity contribution in [2.24, 2.45) is 5.92 Å². The molecule has 142 valence electrons. The molecule has 0 heterocycles. The van der Waals surface area contributed by atoms with E-state index in [1.807, 2.05) is 0 Å². The lowest BCUT2D eigenvalue weighted by atomic mass is 9.84. The molecule has 0 saturated heterocycles. The lowest BCUT2D eigenvalue weighted by molar-refractivity contribution is 0.140. The van der Waals surface area contributed by atoms with Gasteiger partial charge in [0.15, 0.2) is 0 Å². The van der Waals surface area contributed by atoms with E-state index in [9.17, 15) is 5.11 Å². The van der Waals surface area contributed by atoms with E-state index in [0.29, 0.717) is 5.92 Å². The lowest BCUT2D eigenvalue weighted by Crippen LogP contribution is -2.13. The molecule has 0 aliphatic rings. The molecule has 2 atom stereocenters. The number of hydrogen-bond donors (Lipinski definition) is 1. The van der Waals surface area contributed by atoms with Gasteiger partial charge in [-0.1, -0.05) is 108 Å². The van der Waals surface area contributed by atoms with E-state index >= 15 is 0 Å². The van der Waals surface area contributed by atoms with Crippen LogP contribution in [0.5, 0.6) is 0 Å². The van der Waals surface area contributed by atoms with Crippen molar-refractivity contribution in [2.75, 3.05) is 0 Å². The van der Waals surface area contributed by atoms with Crippen molar-refractivity contribution < 1.29 is 5.11 Å². The van der Waals surface area contributed by atoms with Gasteiger partial charge in [-0.05, 0) is 40.9 Å². The number of rotatable bonds is 9. The van der Waals surface area contributed by atoms with E-state index in [0.717, 1.165) is 18.4 Å². The first-order valence-electron chi connectivity index (χ1n) is 10.2. The standard InChI is InChI=1S/C25H36O/c1-5-6-8-13-21(18-20-11-9-7-10-12-20)19-24(26)22-14-16-23(17-15-22)25(2,3)4/h7,9-12,14-17,21,24,26H,5-6,8,13,18-19H2,1-4H3. The van der Waals surface area contributed by atoms with E-state index in [4.69, 9.17) is 0 Å². The number of benzene rings is 2. The Morgan fingerprint density at radius 3 is 2.12 bits per heavy atom. The Bertz CT molecular complexity index is 621. The van der Waals surface area contributed by atoms with E-state index < -0.39 is 0 Å². The Labute approximate surface area is 160 Å². The summed E-state index contributed by atoms with van der Waals surface area (Å²) in [5.74, 6) is 0.529. The SMILES string of the molecule is CCCCCC(Cc1ccccc1)CC(O)c1ccc(C(C)(C)C)cc1. The summed E-state index contributed by atoms with van der Waals surface area (Å²) in [7, 11) is 0. The molecule has 0 spiro atoms. The zero-order valence-electron chi connectivity index (χ0n) is 17.0. The molecule has 2 unspecified atom stereocenters. The van der Waals surface area contributed by atoms with E-state index in [1.54, 1.807) is 0 Å². The van der Waals surface area contributed by atoms with Crippen molar-refractivity contribution in [1.82, 2.24) is 0 Å². The van der Waals surface area contributed by atoms with Crippen molar-refractivity contribution in [1.29, 1.82) is 0 Å². The van der Waals surface area contributed by atoms with E-state index in [1.165, 1.54) is 36.8 Å². The predicted molar refractivity (Wildman–Crippen MR) is 112 cm³/mol. The van der Waals surface area contributed by atoms with Crippen LogP contribution in [-0.2, 0) is 11.8 Å². The molecule has 0 saturated carbocycles. The van der Waals surface area contributed by atoms with Gasteiger partial charge in [-0.25, -0.2) is 0 Å². The minimum Gasteiger partial charge on any atom is -0.388 e. The molecule has 1 heteroatoms. The summed E-state index contributed by atoms with van der Waals surface area (Å²) in [6.07, 6.45) is 6.49. The fourth-order valence-corrected chi connectivity index (χ4v) is 3.59. The minimum absolute atomic E-state index is 0.152. The van der Waals surface area contributed by atoms with Gasteiger partial charge >= 0.3 is 0 Å². The highest BCUT2D eigenvalue weighted by Crippen LogP contribution is 2.29. The average molecular weight is 353 g/mol. The van der Waals surface area contributed by atoms with E-state index in [-0.39, 0.29) is 11.5 Å². The highest BCUT2D eigenvalue weighted by atomic mass is 16.3. The molecule has 1 N–H and O–H groups in total. The van der Waals surface area contributed by atoms with Crippen LogP contribution in [0.15, 0.2) is 54.6 Å². The van der Waals surface area contributed by atoms with Crippen LogP contribution in [-0.4, -0.2) is 5.11 Å². The van der Waals surface area contributed by atoms with Crippen molar-refractivity contribution in [3.8, 4) is 0 Å². The second-order valence-corrected chi connectivity index (χ2v) is 8.68. The molecular weight excluding hydrogens is 316 g/mol. The maximum absolute atomic E-state index is 10.8. The molecule has 2 aromatic carbocycles. The molecule has 0 aliphatic carbocycles. The summed E-state index contributed by atoms with van der Waals surface area (Å²) in [4.78, 5) is 0. The van der Waals surface area contributed by atoms with Gasteiger partial charge in [0, 0.05) is 0 Å². The van der Waals surface area contributed by atoms with Gasteiger partial charge in [-0.3, -0.25) is 0 Å². The maximum atomic E-state index is 10.8. The highest BCUT2D eigenvalue weighted by molar-refractivity contribution is 5.28. The zero-order valence-corrected chi connectivity index (χ0v) is 17.0. The largest absolute Gasteiger partial charge is 0.388 e. The molecule has 2 aromatic rings. The van der Waals surface area contributed by atoms with Gasteiger partial charge in [0.1, 0.15) is 0 Å². The van der Waals surface area contributed by atoms with Crippen LogP contribution >= 0.6 is 0 Å². The number of unbranched alkanes of at least 4 members (excludes halogenated alkanes) is 2. The van der Waals surface area contributed by atoms with Crippen LogP contribution in [0.3, 0.4) is 0 Å². The Morgan fingerprint density at radius 1 is 0.885 bits per heavy atom. The van der Waals surface area contributed by atoms with Crippen molar-refractivity contribution in [3.05, 3.63) is 71.3 Å². The van der Waals surface area contributed by atoms with Gasteiger partial charge in [-0.15, -0.1) is 0 Å². The first-order chi connectivity index (χ1) is 12.4. The first-order valence-corrected chi connectivity index (χ1v) is 10.2. The normalized spacial score (nSPS) is 14.2. The number of aliphatic hydroxyl groups is 1. The van der Waals surface area contributed by atoms with E-state index in [2.05, 4.69) is 82.3 Å². The van der Waals surface area contributed by atoms with Crippen LogP contribution in [0.25, 0.3) is 0 Å². The maximum Gasteiger partial charge on any atom is 0.0792 e. The molecule has 2 rings (SSSR count). The third-order valence-corrected chi connectivity index (χ3v) is 5.30. The molecule has 0 bridgehead atoms. The zero-order chi connectivity index (χ0) is 19.0. The smallest absolute Gasteiger partial charge is 0.0792 e. The Balaban J connectivity index is 2.03. The monoisotopic (exact) mass is 352 g/mol. The van der Waals surface area contributed by atoms with Crippen LogP contribution < -0.4 is 0 Å². The topological polar surface area (TPSA) is 20.2 Å². The third-order valence-electron chi connectivity index (χ3n) is 5.30. The van der Waals surface area contributed by atoms with Crippen molar-refractivity contribution in [2.45, 2.75) is 77.7 Å². The molecule has 0 aromatic heterocycles. The Kier molecular flexibility index (Phi) is 7.90. The van der Waals surface area contributed by atoms with Crippen LogP contribution in [0, 0.1) is 5.92 Å². The van der Waals surface area contributed by atoms with Crippen LogP contribution in [0.4, 0.5) is 0 Å². The van der Waals surface area contributed by atoms with Gasteiger partial charge in [-0.2, -0.15) is 0 Å². The Morgan fingerprint density at radius 2 is 1.54 bits per heavy atom. The van der Waals surface area contributed by atoms with Gasteiger partial charge < -0.3 is 5.11 Å². The molecular formula is C25H36O. The van der Waals surface area contributed by atoms with Gasteiger partial charge in [0.2, 0.25) is 0 Å². The molecule has 0 radical (unpaired) electrons. The average Bonchev–Trinajstić information content (AvgIpc) is 2.62. The molecule has 26 heavy (non-hydrogen) atoms. The summed E-state index contributed by atoms with van der Waals surface area (Å²) in [5, 5.41) is 10.8. The van der Waals surface area contributed by atoms with Crippen molar-refractivity contribution in [3.63, 3.8) is 0 Å². The molecule has 0 aliphatic heterocycles. The summed E-state index contributed by atoms with van der Waals surface area (Å²) in [6, 6.07) is 19.3. The third kappa shape index (κ3) is 6.61. The summed E-state index contributed by atoms with van der Waals surface area (Å²) < 4.78 is 0. The number of hydrogen-bond acceptors (Lipinski definition) is 1. The second kappa shape index (κ2) is 9.92. The lowest BCUT2D eigenvalue weighted by Gasteiger charge is -2.23.